The fraction of sp³-hybridized carbons (Fsp3) is 0.0625. The Labute approximate surface area is 121 Å². The van der Waals surface area contributed by atoms with Gasteiger partial charge in [0.05, 0.1) is 24.7 Å². The first-order valence-electron chi connectivity index (χ1n) is 6.36. The van der Waals surface area contributed by atoms with Crippen LogP contribution in [0.1, 0.15) is 0 Å². The van der Waals surface area contributed by atoms with Gasteiger partial charge in [0.2, 0.25) is 0 Å². The summed E-state index contributed by atoms with van der Waals surface area (Å²) in [5.74, 6) is 0.300. The summed E-state index contributed by atoms with van der Waals surface area (Å²) in [7, 11) is 1.53. The van der Waals surface area contributed by atoms with Gasteiger partial charge in [-0.25, -0.2) is 9.07 Å². The lowest BCUT2D eigenvalue weighted by Crippen LogP contribution is -1.99. The Balaban J connectivity index is 2.11. The molecule has 0 aliphatic carbocycles. The third-order valence-electron chi connectivity index (χ3n) is 3.18. The zero-order chi connectivity index (χ0) is 14.8. The van der Waals surface area contributed by atoms with Gasteiger partial charge in [0.15, 0.2) is 0 Å². The zero-order valence-corrected chi connectivity index (χ0v) is 11.3. The lowest BCUT2D eigenvalue weighted by Gasteiger charge is -2.10. The Bertz CT molecular complexity index is 783. The predicted octanol–water partition coefficient (Wildman–Crippen LogP) is 3.39. The van der Waals surface area contributed by atoms with Crippen molar-refractivity contribution in [1.29, 1.82) is 0 Å². The monoisotopic (exact) mass is 284 g/mol. The van der Waals surface area contributed by atoms with E-state index in [-0.39, 0.29) is 11.6 Å². The molecule has 5 heteroatoms. The summed E-state index contributed by atoms with van der Waals surface area (Å²) in [6.45, 7) is 0. The van der Waals surface area contributed by atoms with Gasteiger partial charge in [0, 0.05) is 11.6 Å². The predicted molar refractivity (Wildman–Crippen MR) is 77.2 cm³/mol. The number of phenols is 1. The molecule has 0 spiro atoms. The van der Waals surface area contributed by atoms with Crippen LogP contribution in [0.4, 0.5) is 4.39 Å². The van der Waals surface area contributed by atoms with Crippen LogP contribution in [0.3, 0.4) is 0 Å². The third kappa shape index (κ3) is 2.45. The number of aromatic nitrogens is 2. The van der Waals surface area contributed by atoms with Crippen LogP contribution in [0.15, 0.2) is 54.7 Å². The molecule has 0 saturated heterocycles. The van der Waals surface area contributed by atoms with Crippen LogP contribution in [-0.4, -0.2) is 22.0 Å². The number of benzene rings is 2. The second-order valence-corrected chi connectivity index (χ2v) is 4.49. The molecule has 0 aliphatic rings. The normalized spacial score (nSPS) is 10.6. The number of nitrogens with zero attached hydrogens (tertiary/aromatic N) is 2. The van der Waals surface area contributed by atoms with Gasteiger partial charge >= 0.3 is 0 Å². The smallest absolute Gasteiger partial charge is 0.128 e. The fourth-order valence-electron chi connectivity index (χ4n) is 2.18. The summed E-state index contributed by atoms with van der Waals surface area (Å²) < 4.78 is 20.0. The molecule has 3 rings (SSSR count). The number of hydrogen-bond acceptors (Lipinski definition) is 3. The van der Waals surface area contributed by atoms with Crippen LogP contribution < -0.4 is 4.74 Å². The largest absolute Gasteiger partial charge is 0.507 e. The number of methoxy groups -OCH3 is 1. The van der Waals surface area contributed by atoms with E-state index in [1.807, 2.05) is 0 Å². The lowest BCUT2D eigenvalue weighted by molar-refractivity contribution is 0.408. The van der Waals surface area contributed by atoms with Gasteiger partial charge in [-0.2, -0.15) is 5.10 Å². The molecule has 1 aromatic heterocycles. The van der Waals surface area contributed by atoms with Crippen molar-refractivity contribution in [3.63, 3.8) is 0 Å². The first-order valence-corrected chi connectivity index (χ1v) is 6.36. The fourth-order valence-corrected chi connectivity index (χ4v) is 2.18. The summed E-state index contributed by atoms with van der Waals surface area (Å²) in [6.07, 6.45) is 1.60. The van der Waals surface area contributed by atoms with Crippen molar-refractivity contribution in [2.75, 3.05) is 7.11 Å². The minimum Gasteiger partial charge on any atom is -0.507 e. The quantitative estimate of drug-likeness (QED) is 0.802. The molecule has 0 unspecified atom stereocenters. The van der Waals surface area contributed by atoms with Crippen LogP contribution in [0, 0.1) is 5.82 Å². The average molecular weight is 284 g/mol. The maximum atomic E-state index is 13.4. The highest BCUT2D eigenvalue weighted by molar-refractivity contribution is 5.69. The highest BCUT2D eigenvalue weighted by atomic mass is 19.1. The van der Waals surface area contributed by atoms with E-state index in [1.54, 1.807) is 41.2 Å². The topological polar surface area (TPSA) is 47.3 Å². The Morgan fingerprint density at radius 2 is 2.00 bits per heavy atom. The number of ether oxygens (including phenoxy) is 1. The van der Waals surface area contributed by atoms with Crippen molar-refractivity contribution in [2.45, 2.75) is 0 Å². The molecule has 2 aromatic carbocycles. The molecule has 21 heavy (non-hydrogen) atoms. The van der Waals surface area contributed by atoms with Crippen molar-refractivity contribution in [2.24, 2.45) is 0 Å². The van der Waals surface area contributed by atoms with Gasteiger partial charge in [-0.1, -0.05) is 6.07 Å². The SMILES string of the molecule is COc1ccc(-c2ccnn2-c2cccc(F)c2)c(O)c1. The van der Waals surface area contributed by atoms with E-state index >= 15 is 0 Å². The van der Waals surface area contributed by atoms with Gasteiger partial charge in [-0.15, -0.1) is 0 Å². The molecule has 3 aromatic rings. The van der Waals surface area contributed by atoms with Crippen molar-refractivity contribution in [1.82, 2.24) is 9.78 Å². The lowest BCUT2D eigenvalue weighted by atomic mass is 10.1. The Hall–Kier alpha value is -2.82. The first-order chi connectivity index (χ1) is 10.2. The molecular weight excluding hydrogens is 271 g/mol. The summed E-state index contributed by atoms with van der Waals surface area (Å²) in [5.41, 5.74) is 1.85. The minimum absolute atomic E-state index is 0.0764. The summed E-state index contributed by atoms with van der Waals surface area (Å²) in [6, 6.07) is 12.9. The molecule has 0 amide bonds. The number of phenolic OH excluding ortho intramolecular Hbond substituents is 1. The Kier molecular flexibility index (Phi) is 3.31. The van der Waals surface area contributed by atoms with Crippen molar-refractivity contribution < 1.29 is 14.2 Å². The van der Waals surface area contributed by atoms with Crippen LogP contribution in [0.5, 0.6) is 11.5 Å². The number of rotatable bonds is 3. The average Bonchev–Trinajstić information content (AvgIpc) is 2.96. The first kappa shape index (κ1) is 13.2. The Morgan fingerprint density at radius 1 is 1.14 bits per heavy atom. The highest BCUT2D eigenvalue weighted by Gasteiger charge is 2.12. The number of halogens is 1. The molecule has 0 bridgehead atoms. The van der Waals surface area contributed by atoms with E-state index < -0.39 is 0 Å². The van der Waals surface area contributed by atoms with Crippen LogP contribution in [0.25, 0.3) is 16.9 Å². The van der Waals surface area contributed by atoms with E-state index in [0.29, 0.717) is 22.7 Å². The van der Waals surface area contributed by atoms with Crippen LogP contribution in [0.2, 0.25) is 0 Å². The van der Waals surface area contributed by atoms with E-state index in [2.05, 4.69) is 5.10 Å². The van der Waals surface area contributed by atoms with E-state index in [1.165, 1.54) is 25.3 Å². The summed E-state index contributed by atoms with van der Waals surface area (Å²) in [4.78, 5) is 0. The molecule has 1 heterocycles. The molecule has 0 aliphatic heterocycles. The number of aromatic hydroxyl groups is 1. The summed E-state index contributed by atoms with van der Waals surface area (Å²) in [5, 5.41) is 14.3. The molecular formula is C16H13FN2O2. The second kappa shape index (κ2) is 5.28. The van der Waals surface area contributed by atoms with E-state index in [9.17, 15) is 9.50 Å². The highest BCUT2D eigenvalue weighted by Crippen LogP contribution is 2.33. The van der Waals surface area contributed by atoms with Gasteiger partial charge < -0.3 is 9.84 Å². The maximum Gasteiger partial charge on any atom is 0.128 e. The van der Waals surface area contributed by atoms with Gasteiger partial charge in [-0.3, -0.25) is 0 Å². The van der Waals surface area contributed by atoms with Crippen LogP contribution in [-0.2, 0) is 0 Å². The van der Waals surface area contributed by atoms with E-state index in [0.717, 1.165) is 0 Å². The zero-order valence-electron chi connectivity index (χ0n) is 11.3. The van der Waals surface area contributed by atoms with Crippen molar-refractivity contribution in [3.05, 3.63) is 60.5 Å². The minimum atomic E-state index is -0.340. The van der Waals surface area contributed by atoms with Gasteiger partial charge in [0.1, 0.15) is 17.3 Å². The molecule has 1 N–H and O–H groups in total. The molecule has 4 nitrogen and oxygen atoms in total. The standard InChI is InChI=1S/C16H13FN2O2/c1-21-13-5-6-14(16(20)10-13)15-7-8-18-19(15)12-4-2-3-11(17)9-12/h2-10,20H,1H3. The summed E-state index contributed by atoms with van der Waals surface area (Å²) >= 11 is 0. The molecule has 0 radical (unpaired) electrons. The molecule has 0 fully saturated rings. The number of hydrogen-bond donors (Lipinski definition) is 1. The molecule has 0 atom stereocenters. The van der Waals surface area contributed by atoms with Gasteiger partial charge in [0.25, 0.3) is 0 Å². The van der Waals surface area contributed by atoms with Crippen LogP contribution >= 0.6 is 0 Å². The van der Waals surface area contributed by atoms with Gasteiger partial charge in [-0.05, 0) is 36.4 Å². The Morgan fingerprint density at radius 3 is 2.71 bits per heavy atom. The molecule has 0 saturated carbocycles. The maximum absolute atomic E-state index is 13.4. The third-order valence-corrected chi connectivity index (χ3v) is 3.18. The van der Waals surface area contributed by atoms with Crippen molar-refractivity contribution in [3.8, 4) is 28.4 Å². The molecule has 106 valence electrons. The van der Waals surface area contributed by atoms with Crippen molar-refractivity contribution >= 4 is 0 Å². The second-order valence-electron chi connectivity index (χ2n) is 4.49. The van der Waals surface area contributed by atoms with E-state index in [4.69, 9.17) is 4.74 Å².